The quantitative estimate of drug-likeness (QED) is 0.763. The molecule has 1 unspecified atom stereocenters. The average molecular weight is 223 g/mol. The second-order valence-electron chi connectivity index (χ2n) is 4.18. The molecule has 5 heteroatoms. The normalized spacial score (nSPS) is 17.3. The third-order valence-electron chi connectivity index (χ3n) is 2.78. The molecule has 5 nitrogen and oxygen atoms in total. The molecule has 1 atom stereocenters. The lowest BCUT2D eigenvalue weighted by Gasteiger charge is -2.15. The Labute approximate surface area is 94.5 Å². The molecule has 1 aromatic heterocycles. The molecule has 0 saturated heterocycles. The van der Waals surface area contributed by atoms with Gasteiger partial charge in [-0.3, -0.25) is 10.1 Å². The predicted molar refractivity (Wildman–Crippen MR) is 59.2 cm³/mol. The van der Waals surface area contributed by atoms with E-state index in [1.807, 2.05) is 11.5 Å². The van der Waals surface area contributed by atoms with Gasteiger partial charge in [0, 0.05) is 6.04 Å². The largest absolute Gasteiger partial charge is 0.480 e. The van der Waals surface area contributed by atoms with Crippen molar-refractivity contribution in [2.24, 2.45) is 0 Å². The Hall–Kier alpha value is -1.36. The van der Waals surface area contributed by atoms with Crippen molar-refractivity contribution in [1.29, 1.82) is 0 Å². The second kappa shape index (κ2) is 4.65. The summed E-state index contributed by atoms with van der Waals surface area (Å²) in [4.78, 5) is 15.2. The minimum atomic E-state index is -0.837. The van der Waals surface area contributed by atoms with Crippen LogP contribution in [0.15, 0.2) is 12.5 Å². The fourth-order valence-corrected chi connectivity index (χ4v) is 1.80. The molecule has 1 aliphatic rings. The fourth-order valence-electron chi connectivity index (χ4n) is 1.80. The lowest BCUT2D eigenvalue weighted by Crippen LogP contribution is -2.30. The number of nitrogens with one attached hydrogen (secondary N) is 1. The maximum absolute atomic E-state index is 11.2. The number of hydrogen-bond donors (Lipinski definition) is 2. The second-order valence-corrected chi connectivity index (χ2v) is 4.18. The average Bonchev–Trinajstić information content (AvgIpc) is 2.99. The molecular weight excluding hydrogens is 206 g/mol. The molecule has 1 saturated carbocycles. The van der Waals surface area contributed by atoms with E-state index in [1.165, 1.54) is 0 Å². The van der Waals surface area contributed by atoms with E-state index in [-0.39, 0.29) is 0 Å². The highest BCUT2D eigenvalue weighted by Gasteiger charge is 2.30. The summed E-state index contributed by atoms with van der Waals surface area (Å²) in [6.45, 7) is 2.72. The number of aliphatic carboxylic acids is 1. The van der Waals surface area contributed by atoms with Gasteiger partial charge >= 0.3 is 5.97 Å². The highest BCUT2D eigenvalue weighted by atomic mass is 16.4. The third-order valence-corrected chi connectivity index (χ3v) is 2.78. The number of imidazole rings is 1. The number of hydrogen-bond acceptors (Lipinski definition) is 3. The van der Waals surface area contributed by atoms with E-state index in [2.05, 4.69) is 10.3 Å². The van der Waals surface area contributed by atoms with E-state index in [0.29, 0.717) is 12.6 Å². The van der Waals surface area contributed by atoms with E-state index in [0.717, 1.165) is 25.0 Å². The molecular formula is C11H17N3O2. The molecule has 1 heterocycles. The van der Waals surface area contributed by atoms with Crippen molar-refractivity contribution in [2.75, 3.05) is 6.54 Å². The van der Waals surface area contributed by atoms with E-state index in [4.69, 9.17) is 0 Å². The van der Waals surface area contributed by atoms with Crippen molar-refractivity contribution in [3.63, 3.8) is 0 Å². The lowest BCUT2D eigenvalue weighted by molar-refractivity contribution is -0.139. The Morgan fingerprint density at radius 1 is 1.75 bits per heavy atom. The summed E-state index contributed by atoms with van der Waals surface area (Å²) in [5.41, 5.74) is 0.767. The Bertz CT molecular complexity index is 371. The van der Waals surface area contributed by atoms with Gasteiger partial charge in [0.05, 0.1) is 18.2 Å². The number of rotatable bonds is 6. The molecule has 0 bridgehead atoms. The standard InChI is InChI=1S/C11H17N3O2/c1-2-5-13-10(11(15)16)9-6-12-7-14(9)8-3-4-8/h6-8,10,13H,2-5H2,1H3,(H,15,16). The van der Waals surface area contributed by atoms with Crippen LogP contribution in [0.2, 0.25) is 0 Å². The first-order valence-electron chi connectivity index (χ1n) is 5.72. The zero-order chi connectivity index (χ0) is 11.5. The first-order chi connectivity index (χ1) is 7.74. The Morgan fingerprint density at radius 2 is 2.50 bits per heavy atom. The van der Waals surface area contributed by atoms with Gasteiger partial charge in [0.2, 0.25) is 0 Å². The minimum absolute atomic E-state index is 0.461. The number of carboxylic acid groups (broad SMARTS) is 1. The first kappa shape index (κ1) is 11.1. The summed E-state index contributed by atoms with van der Waals surface area (Å²) >= 11 is 0. The predicted octanol–water partition coefficient (Wildman–Crippen LogP) is 1.34. The zero-order valence-corrected chi connectivity index (χ0v) is 9.39. The summed E-state index contributed by atoms with van der Waals surface area (Å²) in [7, 11) is 0. The zero-order valence-electron chi connectivity index (χ0n) is 9.39. The van der Waals surface area contributed by atoms with Crippen LogP contribution in [0.4, 0.5) is 0 Å². The number of nitrogens with zero attached hydrogens (tertiary/aromatic N) is 2. The van der Waals surface area contributed by atoms with Crippen LogP contribution in [-0.2, 0) is 4.79 Å². The van der Waals surface area contributed by atoms with Crippen molar-refractivity contribution < 1.29 is 9.90 Å². The summed E-state index contributed by atoms with van der Waals surface area (Å²) in [5, 5.41) is 12.2. The van der Waals surface area contributed by atoms with Gasteiger partial charge < -0.3 is 9.67 Å². The van der Waals surface area contributed by atoms with Crippen LogP contribution in [0.5, 0.6) is 0 Å². The third kappa shape index (κ3) is 2.24. The fraction of sp³-hybridized carbons (Fsp3) is 0.636. The number of aromatic nitrogens is 2. The van der Waals surface area contributed by atoms with Crippen LogP contribution >= 0.6 is 0 Å². The van der Waals surface area contributed by atoms with Crippen LogP contribution in [0, 0.1) is 0 Å². The van der Waals surface area contributed by atoms with Gasteiger partial charge in [0.1, 0.15) is 6.04 Å². The summed E-state index contributed by atoms with van der Waals surface area (Å²) in [5.74, 6) is -0.837. The summed E-state index contributed by atoms with van der Waals surface area (Å²) in [6.07, 6.45) is 6.56. The topological polar surface area (TPSA) is 67.2 Å². The highest BCUT2D eigenvalue weighted by molar-refractivity contribution is 5.74. The van der Waals surface area contributed by atoms with Crippen molar-refractivity contribution in [3.05, 3.63) is 18.2 Å². The molecule has 16 heavy (non-hydrogen) atoms. The Morgan fingerprint density at radius 3 is 3.06 bits per heavy atom. The smallest absolute Gasteiger partial charge is 0.326 e. The minimum Gasteiger partial charge on any atom is -0.480 e. The molecule has 88 valence electrons. The van der Waals surface area contributed by atoms with Gasteiger partial charge in [0.15, 0.2) is 0 Å². The van der Waals surface area contributed by atoms with E-state index in [1.54, 1.807) is 12.5 Å². The molecule has 0 aromatic carbocycles. The van der Waals surface area contributed by atoms with Gasteiger partial charge in [-0.15, -0.1) is 0 Å². The Kier molecular flexibility index (Phi) is 3.24. The van der Waals surface area contributed by atoms with E-state index >= 15 is 0 Å². The van der Waals surface area contributed by atoms with Crippen molar-refractivity contribution in [2.45, 2.75) is 38.3 Å². The Balaban J connectivity index is 2.16. The molecule has 0 aliphatic heterocycles. The van der Waals surface area contributed by atoms with Gasteiger partial charge in [-0.1, -0.05) is 6.92 Å². The van der Waals surface area contributed by atoms with Gasteiger partial charge in [-0.25, -0.2) is 4.98 Å². The maximum atomic E-state index is 11.2. The van der Waals surface area contributed by atoms with Crippen LogP contribution in [-0.4, -0.2) is 27.2 Å². The highest BCUT2D eigenvalue weighted by Crippen LogP contribution is 2.36. The first-order valence-corrected chi connectivity index (χ1v) is 5.72. The van der Waals surface area contributed by atoms with Gasteiger partial charge in [0.25, 0.3) is 0 Å². The van der Waals surface area contributed by atoms with Crippen molar-refractivity contribution >= 4 is 5.97 Å². The summed E-state index contributed by atoms with van der Waals surface area (Å²) < 4.78 is 1.99. The molecule has 2 N–H and O–H groups in total. The number of carbonyl (C=O) groups is 1. The van der Waals surface area contributed by atoms with Crippen LogP contribution in [0.3, 0.4) is 0 Å². The molecule has 0 spiro atoms. The molecule has 0 radical (unpaired) electrons. The molecule has 2 rings (SSSR count). The molecule has 1 aromatic rings. The van der Waals surface area contributed by atoms with Crippen LogP contribution < -0.4 is 5.32 Å². The lowest BCUT2D eigenvalue weighted by atomic mass is 10.2. The number of carboxylic acids is 1. The maximum Gasteiger partial charge on any atom is 0.326 e. The van der Waals surface area contributed by atoms with Crippen molar-refractivity contribution in [1.82, 2.24) is 14.9 Å². The molecule has 1 fully saturated rings. The summed E-state index contributed by atoms with van der Waals surface area (Å²) in [6, 6.07) is -0.175. The van der Waals surface area contributed by atoms with Gasteiger partial charge in [-0.2, -0.15) is 0 Å². The van der Waals surface area contributed by atoms with Crippen LogP contribution in [0.25, 0.3) is 0 Å². The van der Waals surface area contributed by atoms with E-state index in [9.17, 15) is 9.90 Å². The monoisotopic (exact) mass is 223 g/mol. The molecule has 0 amide bonds. The van der Waals surface area contributed by atoms with Crippen LogP contribution in [0.1, 0.15) is 44.0 Å². The SMILES string of the molecule is CCCNC(C(=O)O)c1cncn1C1CC1. The molecule has 1 aliphatic carbocycles. The van der Waals surface area contributed by atoms with Gasteiger partial charge in [-0.05, 0) is 25.8 Å². The van der Waals surface area contributed by atoms with Crippen molar-refractivity contribution in [3.8, 4) is 0 Å². The van der Waals surface area contributed by atoms with E-state index < -0.39 is 12.0 Å².